The van der Waals surface area contributed by atoms with Crippen molar-refractivity contribution < 1.29 is 0 Å². The first kappa shape index (κ1) is 11.6. The highest BCUT2D eigenvalue weighted by Crippen LogP contribution is 2.19. The van der Waals surface area contributed by atoms with Gasteiger partial charge < -0.3 is 11.1 Å². The zero-order valence-corrected chi connectivity index (χ0v) is 10.1. The van der Waals surface area contributed by atoms with Gasteiger partial charge in [0.25, 0.3) is 0 Å². The smallest absolute Gasteiger partial charge is 0.130 e. The lowest BCUT2D eigenvalue weighted by Gasteiger charge is -2.11. The molecule has 1 aromatic carbocycles. The molecule has 3 nitrogen and oxygen atoms in total. The van der Waals surface area contributed by atoms with Gasteiger partial charge >= 0.3 is 0 Å². The molecule has 0 bridgehead atoms. The Morgan fingerprint density at radius 1 is 1.24 bits per heavy atom. The fraction of sp³-hybridized carbons (Fsp3) is 0.214. The maximum Gasteiger partial charge on any atom is 0.130 e. The van der Waals surface area contributed by atoms with Crippen molar-refractivity contribution in [2.75, 3.05) is 5.32 Å². The minimum Gasteiger partial charge on any atom is -0.340 e. The van der Waals surface area contributed by atoms with E-state index in [0.29, 0.717) is 0 Å². The predicted molar refractivity (Wildman–Crippen MR) is 71.3 cm³/mol. The summed E-state index contributed by atoms with van der Waals surface area (Å²) in [6.07, 6.45) is 1.84. The number of benzene rings is 1. The van der Waals surface area contributed by atoms with Crippen molar-refractivity contribution in [3.05, 3.63) is 53.7 Å². The Bertz CT molecular complexity index is 492. The van der Waals surface area contributed by atoms with E-state index < -0.39 is 0 Å². The standard InChI is InChI=1S/C14H17N3/c1-10-8-14(16-9-13(10)11(2)15)17-12-6-4-3-5-7-12/h3-9,11H,15H2,1-2H3,(H,16,17)/t11-/m1/s1. The molecule has 88 valence electrons. The van der Waals surface area contributed by atoms with Gasteiger partial charge in [0.05, 0.1) is 0 Å². The van der Waals surface area contributed by atoms with Crippen LogP contribution in [0.1, 0.15) is 24.1 Å². The summed E-state index contributed by atoms with van der Waals surface area (Å²) in [5.41, 5.74) is 9.14. The summed E-state index contributed by atoms with van der Waals surface area (Å²) >= 11 is 0. The highest BCUT2D eigenvalue weighted by atomic mass is 15.0. The van der Waals surface area contributed by atoms with Crippen LogP contribution >= 0.6 is 0 Å². The van der Waals surface area contributed by atoms with Gasteiger partial charge in [-0.25, -0.2) is 4.98 Å². The van der Waals surface area contributed by atoms with E-state index in [9.17, 15) is 0 Å². The molecule has 0 spiro atoms. The molecule has 1 heterocycles. The molecule has 0 aliphatic rings. The molecular weight excluding hydrogens is 210 g/mol. The molecule has 0 radical (unpaired) electrons. The summed E-state index contributed by atoms with van der Waals surface area (Å²) < 4.78 is 0. The number of aryl methyl sites for hydroxylation is 1. The Hall–Kier alpha value is -1.87. The molecule has 3 heteroatoms. The van der Waals surface area contributed by atoms with E-state index in [1.807, 2.05) is 49.5 Å². The van der Waals surface area contributed by atoms with E-state index in [-0.39, 0.29) is 6.04 Å². The van der Waals surface area contributed by atoms with Crippen molar-refractivity contribution >= 4 is 11.5 Å². The van der Waals surface area contributed by atoms with Gasteiger partial charge in [0, 0.05) is 17.9 Å². The number of pyridine rings is 1. The van der Waals surface area contributed by atoms with Crippen LogP contribution in [0.2, 0.25) is 0 Å². The van der Waals surface area contributed by atoms with Crippen LogP contribution in [0, 0.1) is 6.92 Å². The van der Waals surface area contributed by atoms with E-state index in [1.165, 1.54) is 0 Å². The highest BCUT2D eigenvalue weighted by molar-refractivity contribution is 5.56. The van der Waals surface area contributed by atoms with Crippen molar-refractivity contribution in [2.45, 2.75) is 19.9 Å². The molecule has 17 heavy (non-hydrogen) atoms. The lowest BCUT2D eigenvalue weighted by molar-refractivity contribution is 0.803. The van der Waals surface area contributed by atoms with E-state index >= 15 is 0 Å². The number of nitrogens with one attached hydrogen (secondary N) is 1. The normalized spacial score (nSPS) is 12.2. The van der Waals surface area contributed by atoms with Gasteiger partial charge in [0.2, 0.25) is 0 Å². The molecule has 0 saturated heterocycles. The van der Waals surface area contributed by atoms with Gasteiger partial charge in [0.15, 0.2) is 0 Å². The molecule has 3 N–H and O–H groups in total. The maximum absolute atomic E-state index is 5.86. The van der Waals surface area contributed by atoms with Crippen molar-refractivity contribution in [1.82, 2.24) is 4.98 Å². The zero-order valence-electron chi connectivity index (χ0n) is 10.1. The average molecular weight is 227 g/mol. The molecule has 0 aliphatic carbocycles. The Morgan fingerprint density at radius 2 is 1.94 bits per heavy atom. The van der Waals surface area contributed by atoms with Crippen molar-refractivity contribution in [2.24, 2.45) is 5.73 Å². The molecule has 1 aromatic heterocycles. The van der Waals surface area contributed by atoms with Crippen LogP contribution < -0.4 is 11.1 Å². The first-order valence-corrected chi connectivity index (χ1v) is 5.71. The summed E-state index contributed by atoms with van der Waals surface area (Å²) in [4.78, 5) is 4.36. The van der Waals surface area contributed by atoms with Crippen molar-refractivity contribution in [3.8, 4) is 0 Å². The monoisotopic (exact) mass is 227 g/mol. The van der Waals surface area contributed by atoms with Crippen LogP contribution in [-0.2, 0) is 0 Å². The van der Waals surface area contributed by atoms with Gasteiger partial charge in [-0.15, -0.1) is 0 Å². The van der Waals surface area contributed by atoms with E-state index in [1.54, 1.807) is 0 Å². The zero-order chi connectivity index (χ0) is 12.3. The summed E-state index contributed by atoms with van der Waals surface area (Å²) in [6, 6.07) is 12.0. The first-order chi connectivity index (χ1) is 8.16. The van der Waals surface area contributed by atoms with Crippen molar-refractivity contribution in [1.29, 1.82) is 0 Å². The molecule has 0 amide bonds. The van der Waals surface area contributed by atoms with E-state index in [4.69, 9.17) is 5.73 Å². The third-order valence-corrected chi connectivity index (χ3v) is 2.69. The van der Waals surface area contributed by atoms with E-state index in [2.05, 4.69) is 17.2 Å². The van der Waals surface area contributed by atoms with Gasteiger partial charge in [-0.1, -0.05) is 18.2 Å². The second kappa shape index (κ2) is 4.97. The number of hydrogen-bond donors (Lipinski definition) is 2. The van der Waals surface area contributed by atoms with Gasteiger partial charge in [0.1, 0.15) is 5.82 Å². The SMILES string of the molecule is Cc1cc(Nc2ccccc2)ncc1[C@@H](C)N. The lowest BCUT2D eigenvalue weighted by atomic mass is 10.1. The molecule has 0 unspecified atom stereocenters. The van der Waals surface area contributed by atoms with Gasteiger partial charge in [-0.2, -0.15) is 0 Å². The largest absolute Gasteiger partial charge is 0.340 e. The van der Waals surface area contributed by atoms with Gasteiger partial charge in [-0.3, -0.25) is 0 Å². The Kier molecular flexibility index (Phi) is 3.40. The minimum atomic E-state index is 0.0216. The van der Waals surface area contributed by atoms with Crippen LogP contribution in [-0.4, -0.2) is 4.98 Å². The second-order valence-corrected chi connectivity index (χ2v) is 4.21. The fourth-order valence-electron chi connectivity index (χ4n) is 1.78. The molecule has 1 atom stereocenters. The number of hydrogen-bond acceptors (Lipinski definition) is 3. The maximum atomic E-state index is 5.86. The molecule has 0 saturated carbocycles. The quantitative estimate of drug-likeness (QED) is 0.846. The topological polar surface area (TPSA) is 50.9 Å². The molecular formula is C14H17N3. The average Bonchev–Trinajstić information content (AvgIpc) is 2.30. The van der Waals surface area contributed by atoms with Gasteiger partial charge in [-0.05, 0) is 43.2 Å². The Morgan fingerprint density at radius 3 is 2.53 bits per heavy atom. The van der Waals surface area contributed by atoms with E-state index in [0.717, 1.165) is 22.6 Å². The lowest BCUT2D eigenvalue weighted by Crippen LogP contribution is -2.08. The number of nitrogens with two attached hydrogens (primary N) is 1. The highest BCUT2D eigenvalue weighted by Gasteiger charge is 2.05. The summed E-state index contributed by atoms with van der Waals surface area (Å²) in [5.74, 6) is 0.845. The number of aromatic nitrogens is 1. The van der Waals surface area contributed by atoms with Crippen molar-refractivity contribution in [3.63, 3.8) is 0 Å². The number of para-hydroxylation sites is 1. The third kappa shape index (κ3) is 2.82. The first-order valence-electron chi connectivity index (χ1n) is 5.71. The molecule has 0 fully saturated rings. The Labute approximate surface area is 102 Å². The molecule has 2 rings (SSSR count). The van der Waals surface area contributed by atoms with Crippen LogP contribution in [0.3, 0.4) is 0 Å². The Balaban J connectivity index is 2.21. The third-order valence-electron chi connectivity index (χ3n) is 2.69. The summed E-state index contributed by atoms with van der Waals surface area (Å²) in [7, 11) is 0. The summed E-state index contributed by atoms with van der Waals surface area (Å²) in [6.45, 7) is 4.02. The molecule has 2 aromatic rings. The number of rotatable bonds is 3. The van der Waals surface area contributed by atoms with Crippen LogP contribution in [0.5, 0.6) is 0 Å². The second-order valence-electron chi connectivity index (χ2n) is 4.21. The van der Waals surface area contributed by atoms with Crippen LogP contribution in [0.15, 0.2) is 42.6 Å². The predicted octanol–water partition coefficient (Wildman–Crippen LogP) is 3.15. The van der Waals surface area contributed by atoms with Crippen LogP contribution in [0.25, 0.3) is 0 Å². The molecule has 0 aliphatic heterocycles. The van der Waals surface area contributed by atoms with Crippen LogP contribution in [0.4, 0.5) is 11.5 Å². The fourth-order valence-corrected chi connectivity index (χ4v) is 1.78. The number of anilines is 2. The minimum absolute atomic E-state index is 0.0216. The number of nitrogens with zero attached hydrogens (tertiary/aromatic N) is 1. The summed E-state index contributed by atoms with van der Waals surface area (Å²) in [5, 5.41) is 3.26.